The molecule has 0 spiro atoms. The first-order valence-electron chi connectivity index (χ1n) is 7.87. The van der Waals surface area contributed by atoms with Gasteiger partial charge in [0, 0.05) is 23.3 Å². The molecule has 1 N–H and O–H groups in total. The minimum absolute atomic E-state index is 0.0265. The van der Waals surface area contributed by atoms with E-state index < -0.39 is 0 Å². The number of fused-ring (bicyclic) bond motifs is 1. The number of aryl methyl sites for hydroxylation is 2. The monoisotopic (exact) mass is 341 g/mol. The summed E-state index contributed by atoms with van der Waals surface area (Å²) in [7, 11) is 0. The highest BCUT2D eigenvalue weighted by Crippen LogP contribution is 2.11. The second-order valence-electron chi connectivity index (χ2n) is 5.87. The number of amides is 1. The van der Waals surface area contributed by atoms with E-state index in [9.17, 15) is 9.59 Å². The lowest BCUT2D eigenvalue weighted by molar-refractivity contribution is 0.0936. The molecule has 0 bridgehead atoms. The lowest BCUT2D eigenvalue weighted by atomic mass is 10.1. The number of thiazole rings is 1. The summed E-state index contributed by atoms with van der Waals surface area (Å²) in [5.74, 6) is -0.368. The minimum Gasteiger partial charge on any atom is -0.349 e. The van der Waals surface area contributed by atoms with Crippen molar-refractivity contribution < 1.29 is 4.79 Å². The van der Waals surface area contributed by atoms with Crippen LogP contribution in [0.3, 0.4) is 0 Å². The molecule has 2 aromatic heterocycles. The maximum Gasteiger partial charge on any atom is 0.271 e. The molecule has 0 saturated carbocycles. The highest BCUT2D eigenvalue weighted by molar-refractivity contribution is 7.15. The molecule has 5 nitrogen and oxygen atoms in total. The van der Waals surface area contributed by atoms with Crippen molar-refractivity contribution in [3.63, 3.8) is 0 Å². The smallest absolute Gasteiger partial charge is 0.271 e. The largest absolute Gasteiger partial charge is 0.349 e. The van der Waals surface area contributed by atoms with Crippen LogP contribution >= 0.6 is 11.3 Å². The fourth-order valence-corrected chi connectivity index (χ4v) is 3.41. The van der Waals surface area contributed by atoms with Crippen LogP contribution in [0.5, 0.6) is 0 Å². The molecule has 124 valence electrons. The molecule has 6 heteroatoms. The molecule has 0 aliphatic carbocycles. The third-order valence-corrected chi connectivity index (χ3v) is 4.91. The average Bonchev–Trinajstić information content (AvgIpc) is 2.96. The molecule has 0 fully saturated rings. The summed E-state index contributed by atoms with van der Waals surface area (Å²) in [6.07, 6.45) is 3.05. The van der Waals surface area contributed by atoms with E-state index in [1.54, 1.807) is 0 Å². The van der Waals surface area contributed by atoms with E-state index in [1.165, 1.54) is 27.5 Å². The van der Waals surface area contributed by atoms with Crippen molar-refractivity contribution >= 4 is 22.2 Å². The number of hydrogen-bond donors (Lipinski definition) is 1. The molecule has 0 radical (unpaired) electrons. The van der Waals surface area contributed by atoms with Crippen LogP contribution in [0.15, 0.2) is 46.7 Å². The van der Waals surface area contributed by atoms with Gasteiger partial charge >= 0.3 is 0 Å². The Balaban J connectivity index is 1.69. The molecular formula is C18H19N3O2S. The number of nitrogens with zero attached hydrogens (tertiary/aromatic N) is 2. The lowest BCUT2D eigenvalue weighted by Crippen LogP contribution is -2.37. The van der Waals surface area contributed by atoms with E-state index in [0.29, 0.717) is 4.96 Å². The van der Waals surface area contributed by atoms with Crippen LogP contribution in [-0.2, 0) is 6.42 Å². The van der Waals surface area contributed by atoms with Gasteiger partial charge in [0.15, 0.2) is 4.96 Å². The fourth-order valence-electron chi connectivity index (χ4n) is 2.58. The van der Waals surface area contributed by atoms with Crippen molar-refractivity contribution in [3.05, 3.63) is 69.1 Å². The van der Waals surface area contributed by atoms with Crippen LogP contribution in [-0.4, -0.2) is 21.3 Å². The Morgan fingerprint density at radius 2 is 2.08 bits per heavy atom. The summed E-state index contributed by atoms with van der Waals surface area (Å²) >= 11 is 1.39. The lowest BCUT2D eigenvalue weighted by Gasteiger charge is -2.13. The first-order valence-corrected chi connectivity index (χ1v) is 8.75. The van der Waals surface area contributed by atoms with Crippen molar-refractivity contribution in [3.8, 4) is 0 Å². The van der Waals surface area contributed by atoms with Crippen LogP contribution in [0.2, 0.25) is 0 Å². The summed E-state index contributed by atoms with van der Waals surface area (Å²) in [5.41, 5.74) is 1.79. The molecule has 3 aromatic rings. The van der Waals surface area contributed by atoms with E-state index in [-0.39, 0.29) is 23.1 Å². The van der Waals surface area contributed by atoms with Gasteiger partial charge in [-0.3, -0.25) is 14.0 Å². The van der Waals surface area contributed by atoms with E-state index in [2.05, 4.69) is 22.4 Å². The zero-order chi connectivity index (χ0) is 17.1. The van der Waals surface area contributed by atoms with Gasteiger partial charge in [-0.1, -0.05) is 30.3 Å². The predicted octanol–water partition coefficient (Wildman–Crippen LogP) is 2.82. The van der Waals surface area contributed by atoms with E-state index in [1.807, 2.05) is 37.4 Å². The Hall–Kier alpha value is -2.47. The first-order chi connectivity index (χ1) is 11.6. The van der Waals surface area contributed by atoms with Crippen molar-refractivity contribution in [1.82, 2.24) is 14.7 Å². The highest BCUT2D eigenvalue weighted by atomic mass is 32.1. The van der Waals surface area contributed by atoms with E-state index >= 15 is 0 Å². The van der Waals surface area contributed by atoms with Gasteiger partial charge in [0.2, 0.25) is 0 Å². The number of aromatic nitrogens is 2. The molecule has 1 aromatic carbocycles. The first kappa shape index (κ1) is 16.4. The molecule has 3 rings (SSSR count). The summed E-state index contributed by atoms with van der Waals surface area (Å²) in [4.78, 5) is 29.7. The molecular weight excluding hydrogens is 322 g/mol. The molecule has 1 unspecified atom stereocenters. The Labute approximate surface area is 144 Å². The normalized spacial score (nSPS) is 12.2. The summed E-state index contributed by atoms with van der Waals surface area (Å²) < 4.78 is 1.48. The van der Waals surface area contributed by atoms with E-state index in [0.717, 1.165) is 18.5 Å². The van der Waals surface area contributed by atoms with Gasteiger partial charge in [-0.05, 0) is 32.3 Å². The molecule has 0 aliphatic heterocycles. The Morgan fingerprint density at radius 3 is 2.83 bits per heavy atom. The SMILES string of the molecule is Cc1csc2ncc(C(=O)NC(C)CCc3ccccc3)c(=O)n12. The maximum atomic E-state index is 12.5. The molecule has 1 amide bonds. The van der Waals surface area contributed by atoms with Gasteiger partial charge in [0.25, 0.3) is 11.5 Å². The van der Waals surface area contributed by atoms with Gasteiger partial charge in [0.1, 0.15) is 5.56 Å². The number of carbonyl (C=O) groups is 1. The zero-order valence-corrected chi connectivity index (χ0v) is 14.5. The summed E-state index contributed by atoms with van der Waals surface area (Å²) in [5, 5.41) is 4.75. The van der Waals surface area contributed by atoms with Crippen LogP contribution in [0.1, 0.15) is 35.0 Å². The number of carbonyl (C=O) groups excluding carboxylic acids is 1. The average molecular weight is 341 g/mol. The molecule has 2 heterocycles. The second-order valence-corrected chi connectivity index (χ2v) is 6.71. The number of benzene rings is 1. The third kappa shape index (κ3) is 3.38. The second kappa shape index (κ2) is 6.97. The Kier molecular flexibility index (Phi) is 4.76. The fraction of sp³-hybridized carbons (Fsp3) is 0.278. The van der Waals surface area contributed by atoms with Crippen LogP contribution in [0.4, 0.5) is 0 Å². The van der Waals surface area contributed by atoms with Gasteiger partial charge in [0.05, 0.1) is 0 Å². The van der Waals surface area contributed by atoms with Crippen molar-refractivity contribution in [2.75, 3.05) is 0 Å². The summed E-state index contributed by atoms with van der Waals surface area (Å²) in [6.45, 7) is 3.77. The third-order valence-electron chi connectivity index (χ3n) is 3.95. The molecule has 24 heavy (non-hydrogen) atoms. The topological polar surface area (TPSA) is 63.5 Å². The standard InChI is InChI=1S/C18H19N3O2S/c1-12(8-9-14-6-4-3-5-7-14)20-16(22)15-10-19-18-21(17(15)23)13(2)11-24-18/h3-7,10-12H,8-9H2,1-2H3,(H,20,22). The number of nitrogens with one attached hydrogen (secondary N) is 1. The molecule has 0 aliphatic rings. The highest BCUT2D eigenvalue weighted by Gasteiger charge is 2.16. The zero-order valence-electron chi connectivity index (χ0n) is 13.7. The Bertz CT molecular complexity index is 915. The number of hydrogen-bond acceptors (Lipinski definition) is 4. The van der Waals surface area contributed by atoms with E-state index in [4.69, 9.17) is 0 Å². The van der Waals surface area contributed by atoms with Gasteiger partial charge in [-0.2, -0.15) is 0 Å². The van der Waals surface area contributed by atoms with Crippen molar-refractivity contribution in [2.24, 2.45) is 0 Å². The molecule has 1 atom stereocenters. The van der Waals surface area contributed by atoms with Gasteiger partial charge in [-0.25, -0.2) is 4.98 Å². The van der Waals surface area contributed by atoms with Crippen LogP contribution < -0.4 is 10.9 Å². The minimum atomic E-state index is -0.368. The van der Waals surface area contributed by atoms with Gasteiger partial charge in [-0.15, -0.1) is 11.3 Å². The van der Waals surface area contributed by atoms with Crippen molar-refractivity contribution in [1.29, 1.82) is 0 Å². The van der Waals surface area contributed by atoms with Crippen LogP contribution in [0.25, 0.3) is 4.96 Å². The molecule has 0 saturated heterocycles. The predicted molar refractivity (Wildman–Crippen MR) is 95.8 cm³/mol. The van der Waals surface area contributed by atoms with Crippen molar-refractivity contribution in [2.45, 2.75) is 32.7 Å². The summed E-state index contributed by atoms with van der Waals surface area (Å²) in [6, 6.07) is 10.1. The quantitative estimate of drug-likeness (QED) is 0.776. The van der Waals surface area contributed by atoms with Gasteiger partial charge < -0.3 is 5.32 Å². The Morgan fingerprint density at radius 1 is 1.33 bits per heavy atom. The van der Waals surface area contributed by atoms with Crippen LogP contribution in [0, 0.1) is 6.92 Å². The maximum absolute atomic E-state index is 12.5. The number of rotatable bonds is 5.